The van der Waals surface area contributed by atoms with Gasteiger partial charge in [-0.25, -0.2) is 0 Å². The van der Waals surface area contributed by atoms with E-state index in [1.807, 2.05) is 6.08 Å². The van der Waals surface area contributed by atoms with Gasteiger partial charge < -0.3 is 10.2 Å². The number of rotatable bonds is 24. The van der Waals surface area contributed by atoms with Gasteiger partial charge in [0.25, 0.3) is 0 Å². The smallest absolute Gasteiger partial charge is 0.115 e. The zero-order valence-corrected chi connectivity index (χ0v) is 20.3. The Hall–Kier alpha value is -0.600. The molecule has 2 heteroatoms. The zero-order chi connectivity index (χ0) is 22.0. The molecule has 0 aliphatic rings. The predicted molar refractivity (Wildman–Crippen MR) is 133 cm³/mol. The molecule has 0 fully saturated rings. The Morgan fingerprint density at radius 1 is 0.533 bits per heavy atom. The third-order valence-corrected chi connectivity index (χ3v) is 5.78. The van der Waals surface area contributed by atoms with Crippen molar-refractivity contribution in [1.29, 1.82) is 0 Å². The highest BCUT2D eigenvalue weighted by molar-refractivity contribution is 5.01. The number of hydrogen-bond donors (Lipinski definition) is 2. The molecule has 0 bridgehead atoms. The number of hydrogen-bond acceptors (Lipinski definition) is 2. The van der Waals surface area contributed by atoms with E-state index in [0.717, 1.165) is 38.5 Å². The molecule has 30 heavy (non-hydrogen) atoms. The first-order chi connectivity index (χ1) is 14.8. The molecule has 0 unspecified atom stereocenters. The average molecular weight is 422 g/mol. The topological polar surface area (TPSA) is 40.5 Å². The highest BCUT2D eigenvalue weighted by Gasteiger charge is 2.00. The second-order valence-corrected chi connectivity index (χ2v) is 8.86. The zero-order valence-electron chi connectivity index (χ0n) is 20.3. The molecule has 0 rings (SSSR count). The van der Waals surface area contributed by atoms with Crippen molar-refractivity contribution < 1.29 is 10.2 Å². The largest absolute Gasteiger partial charge is 0.396 e. The summed E-state index contributed by atoms with van der Waals surface area (Å²) in [6.45, 7) is 2.59. The fraction of sp³-hybridized carbons (Fsp3) is 0.821. The third kappa shape index (κ3) is 25.4. The first kappa shape index (κ1) is 29.4. The Morgan fingerprint density at radius 2 is 0.967 bits per heavy atom. The van der Waals surface area contributed by atoms with Crippen LogP contribution < -0.4 is 0 Å². The summed E-state index contributed by atoms with van der Waals surface area (Å²) in [6, 6.07) is 0. The van der Waals surface area contributed by atoms with Gasteiger partial charge in [-0.15, -0.1) is 0 Å². The maximum absolute atomic E-state index is 9.98. The lowest BCUT2D eigenvalue weighted by Gasteiger charge is -2.04. The molecule has 0 atom stereocenters. The Balaban J connectivity index is 3.27. The minimum absolute atomic E-state index is 0.315. The van der Waals surface area contributed by atoms with Crippen molar-refractivity contribution in [1.82, 2.24) is 0 Å². The lowest BCUT2D eigenvalue weighted by Crippen LogP contribution is -1.91. The van der Waals surface area contributed by atoms with Crippen LogP contribution in [0.4, 0.5) is 0 Å². The van der Waals surface area contributed by atoms with Gasteiger partial charge in [0, 0.05) is 6.61 Å². The Morgan fingerprint density at radius 3 is 1.50 bits per heavy atom. The lowest BCUT2D eigenvalue weighted by atomic mass is 10.0. The van der Waals surface area contributed by atoms with E-state index in [1.165, 1.54) is 96.3 Å². The van der Waals surface area contributed by atoms with E-state index in [1.54, 1.807) is 0 Å². The summed E-state index contributed by atoms with van der Waals surface area (Å²) >= 11 is 0. The molecule has 177 valence electrons. The summed E-state index contributed by atoms with van der Waals surface area (Å²) in [7, 11) is 0. The normalized spacial score (nSPS) is 12.1. The van der Waals surface area contributed by atoms with Crippen LogP contribution in [0.5, 0.6) is 0 Å². The number of allylic oxidation sites excluding steroid dienone is 3. The van der Waals surface area contributed by atoms with E-state index < -0.39 is 0 Å². The summed E-state index contributed by atoms with van der Waals surface area (Å²) in [5.41, 5.74) is 0. The molecule has 0 aromatic carbocycles. The van der Waals surface area contributed by atoms with Crippen molar-refractivity contribution >= 4 is 0 Å². The van der Waals surface area contributed by atoms with Crippen LogP contribution in [0.1, 0.15) is 142 Å². The summed E-state index contributed by atoms with van der Waals surface area (Å²) in [5.74, 6) is 0. The molecule has 0 heterocycles. The van der Waals surface area contributed by atoms with Gasteiger partial charge in [0.2, 0.25) is 0 Å². The first-order valence-electron chi connectivity index (χ1n) is 13.3. The molecule has 0 saturated heterocycles. The average Bonchev–Trinajstić information content (AvgIpc) is 2.75. The van der Waals surface area contributed by atoms with Gasteiger partial charge in [0.15, 0.2) is 0 Å². The van der Waals surface area contributed by atoms with E-state index in [2.05, 4.69) is 25.2 Å². The molecule has 0 amide bonds. The summed E-state index contributed by atoms with van der Waals surface area (Å²) in [6.07, 6.45) is 35.4. The van der Waals surface area contributed by atoms with Gasteiger partial charge >= 0.3 is 0 Å². The minimum atomic E-state index is 0.315. The van der Waals surface area contributed by atoms with Crippen LogP contribution in [0.3, 0.4) is 0 Å². The SMILES string of the molecule is CCCCCCCCCCCCC=C[C](O)CCCCCCC/C=C\CCCCO. The van der Waals surface area contributed by atoms with Crippen molar-refractivity contribution in [2.24, 2.45) is 0 Å². The van der Waals surface area contributed by atoms with Crippen LogP contribution in [0.15, 0.2) is 24.3 Å². The first-order valence-corrected chi connectivity index (χ1v) is 13.3. The molecule has 2 nitrogen and oxygen atoms in total. The van der Waals surface area contributed by atoms with Crippen molar-refractivity contribution in [2.75, 3.05) is 6.61 Å². The fourth-order valence-electron chi connectivity index (χ4n) is 3.76. The summed E-state index contributed by atoms with van der Waals surface area (Å²) < 4.78 is 0. The molecule has 0 spiro atoms. The summed E-state index contributed by atoms with van der Waals surface area (Å²) in [5, 5.41) is 18.7. The number of unbranched alkanes of at least 4 members (excludes halogenated alkanes) is 17. The lowest BCUT2D eigenvalue weighted by molar-refractivity contribution is 0.285. The molecule has 0 aliphatic carbocycles. The van der Waals surface area contributed by atoms with E-state index in [0.29, 0.717) is 12.7 Å². The van der Waals surface area contributed by atoms with Crippen LogP contribution in [0.25, 0.3) is 0 Å². The highest BCUT2D eigenvalue weighted by Crippen LogP contribution is 2.15. The van der Waals surface area contributed by atoms with E-state index in [-0.39, 0.29) is 0 Å². The monoisotopic (exact) mass is 421 g/mol. The van der Waals surface area contributed by atoms with Crippen LogP contribution in [-0.4, -0.2) is 16.8 Å². The number of aliphatic hydroxyl groups excluding tert-OH is 2. The van der Waals surface area contributed by atoms with E-state index >= 15 is 0 Å². The molecule has 2 N–H and O–H groups in total. The number of aliphatic hydroxyl groups is 2. The van der Waals surface area contributed by atoms with E-state index in [4.69, 9.17) is 5.11 Å². The maximum Gasteiger partial charge on any atom is 0.115 e. The van der Waals surface area contributed by atoms with Crippen LogP contribution in [0.2, 0.25) is 0 Å². The van der Waals surface area contributed by atoms with Gasteiger partial charge in [0.05, 0.1) is 0 Å². The molecule has 0 aliphatic heterocycles. The van der Waals surface area contributed by atoms with Gasteiger partial charge in [-0.05, 0) is 51.4 Å². The predicted octanol–water partition coefficient (Wildman–Crippen LogP) is 9.21. The van der Waals surface area contributed by atoms with Gasteiger partial charge in [-0.3, -0.25) is 0 Å². The quantitative estimate of drug-likeness (QED) is 0.120. The summed E-state index contributed by atoms with van der Waals surface area (Å²) in [4.78, 5) is 0. The van der Waals surface area contributed by atoms with Crippen molar-refractivity contribution in [2.45, 2.75) is 142 Å². The van der Waals surface area contributed by atoms with Crippen molar-refractivity contribution in [3.05, 3.63) is 30.4 Å². The second-order valence-electron chi connectivity index (χ2n) is 8.86. The van der Waals surface area contributed by atoms with Gasteiger partial charge in [0.1, 0.15) is 6.10 Å². The van der Waals surface area contributed by atoms with Gasteiger partial charge in [-0.1, -0.05) is 115 Å². The molecular formula is C28H53O2. The molecular weight excluding hydrogens is 368 g/mol. The molecule has 0 aromatic rings. The Kier molecular flexibility index (Phi) is 25.9. The molecule has 0 aromatic heterocycles. The third-order valence-electron chi connectivity index (χ3n) is 5.78. The van der Waals surface area contributed by atoms with E-state index in [9.17, 15) is 5.11 Å². The van der Waals surface area contributed by atoms with Crippen molar-refractivity contribution in [3.63, 3.8) is 0 Å². The maximum atomic E-state index is 9.98. The highest BCUT2D eigenvalue weighted by atomic mass is 16.3. The fourth-order valence-corrected chi connectivity index (χ4v) is 3.76. The minimum Gasteiger partial charge on any atom is -0.396 e. The van der Waals surface area contributed by atoms with Gasteiger partial charge in [-0.2, -0.15) is 0 Å². The second kappa shape index (κ2) is 26.4. The molecule has 0 saturated carbocycles. The van der Waals surface area contributed by atoms with Crippen LogP contribution in [-0.2, 0) is 0 Å². The molecule has 1 radical (unpaired) electrons. The van der Waals surface area contributed by atoms with Crippen LogP contribution in [0, 0.1) is 6.10 Å². The standard InChI is InChI=1S/C28H53O2/c1-2-3-4-5-6-7-8-10-13-16-19-22-25-28(30)26-23-20-17-14-11-9-12-15-18-21-24-27-29/h12,15,22,25,29-30H,2-11,13-14,16-21,23-24,26-27H2,1H3/b15-12-,25-22?. The Bertz CT molecular complexity index is 362. The Labute approximate surface area is 189 Å². The van der Waals surface area contributed by atoms with Crippen molar-refractivity contribution in [3.8, 4) is 0 Å². The van der Waals surface area contributed by atoms with Crippen LogP contribution >= 0.6 is 0 Å².